The molecule has 2 aromatic carbocycles. The number of methoxy groups -OCH3 is 1. The Bertz CT molecular complexity index is 744. The summed E-state index contributed by atoms with van der Waals surface area (Å²) in [4.78, 5) is 11.2. The molecule has 1 aliphatic rings. The van der Waals surface area contributed by atoms with Gasteiger partial charge in [-0.05, 0) is 42.2 Å². The molecule has 3 rings (SSSR count). The predicted octanol–water partition coefficient (Wildman–Crippen LogP) is 3.74. The predicted molar refractivity (Wildman–Crippen MR) is 87.5 cm³/mol. The van der Waals surface area contributed by atoms with Crippen molar-refractivity contribution < 1.29 is 19.0 Å². The number of ether oxygens (including phenoxy) is 3. The number of fused-ring (bicyclic) bond motifs is 1. The molecule has 0 atom stereocenters. The van der Waals surface area contributed by atoms with Crippen LogP contribution in [-0.2, 0) is 16.0 Å². The zero-order valence-corrected chi connectivity index (χ0v) is 13.2. The molecule has 0 saturated carbocycles. The normalized spacial score (nSPS) is 13.0. The van der Waals surface area contributed by atoms with Crippen molar-refractivity contribution in [1.82, 2.24) is 0 Å². The minimum Gasteiger partial charge on any atom is -0.466 e. The lowest BCUT2D eigenvalue weighted by Crippen LogP contribution is -1.97. The monoisotopic (exact) mass is 310 g/mol. The first kappa shape index (κ1) is 15.2. The average Bonchev–Trinajstić information content (AvgIpc) is 3.03. The molecule has 0 saturated heterocycles. The second-order valence-electron chi connectivity index (χ2n) is 5.46. The van der Waals surface area contributed by atoms with Crippen molar-refractivity contribution in [2.75, 3.05) is 13.9 Å². The highest BCUT2D eigenvalue weighted by molar-refractivity contribution is 5.82. The summed E-state index contributed by atoms with van der Waals surface area (Å²) < 4.78 is 15.4. The topological polar surface area (TPSA) is 44.8 Å². The third kappa shape index (κ3) is 3.54. The number of hydrogen-bond donors (Lipinski definition) is 0. The van der Waals surface area contributed by atoms with Gasteiger partial charge in [0.2, 0.25) is 6.79 Å². The lowest BCUT2D eigenvalue weighted by Gasteiger charge is -2.06. The van der Waals surface area contributed by atoms with E-state index in [1.165, 1.54) is 13.2 Å². The molecule has 4 nitrogen and oxygen atoms in total. The van der Waals surface area contributed by atoms with Crippen LogP contribution in [0.3, 0.4) is 0 Å². The van der Waals surface area contributed by atoms with Crippen LogP contribution in [0.15, 0.2) is 54.1 Å². The fourth-order valence-electron chi connectivity index (χ4n) is 2.52. The Morgan fingerprint density at radius 2 is 1.78 bits per heavy atom. The number of carbonyl (C=O) groups is 1. The van der Waals surface area contributed by atoms with E-state index in [0.29, 0.717) is 0 Å². The van der Waals surface area contributed by atoms with Crippen molar-refractivity contribution in [3.05, 3.63) is 59.7 Å². The second kappa shape index (κ2) is 6.57. The maximum Gasteiger partial charge on any atom is 0.330 e. The van der Waals surface area contributed by atoms with Gasteiger partial charge in [0, 0.05) is 6.08 Å². The molecule has 1 aliphatic heterocycles. The molecule has 4 heteroatoms. The highest BCUT2D eigenvalue weighted by Gasteiger charge is 2.13. The molecular weight excluding hydrogens is 292 g/mol. The van der Waals surface area contributed by atoms with Crippen LogP contribution in [0.5, 0.6) is 11.5 Å². The smallest absolute Gasteiger partial charge is 0.330 e. The molecule has 0 radical (unpaired) electrons. The second-order valence-corrected chi connectivity index (χ2v) is 5.46. The van der Waals surface area contributed by atoms with E-state index in [1.807, 2.05) is 25.1 Å². The van der Waals surface area contributed by atoms with Gasteiger partial charge in [0.05, 0.1) is 7.11 Å². The zero-order chi connectivity index (χ0) is 16.2. The Balaban J connectivity index is 1.74. The van der Waals surface area contributed by atoms with Gasteiger partial charge >= 0.3 is 5.97 Å². The highest BCUT2D eigenvalue weighted by Crippen LogP contribution is 2.35. The van der Waals surface area contributed by atoms with Crippen molar-refractivity contribution >= 4 is 5.97 Å². The SMILES string of the molecule is COC(=O)/C=C(\C)Cc1ccc(-c2ccc3c(c2)OCO3)cc1. The molecule has 0 bridgehead atoms. The summed E-state index contributed by atoms with van der Waals surface area (Å²) in [5, 5.41) is 0. The van der Waals surface area contributed by atoms with Crippen LogP contribution >= 0.6 is 0 Å². The third-order valence-corrected chi connectivity index (χ3v) is 3.71. The fraction of sp³-hybridized carbons (Fsp3) is 0.211. The standard InChI is InChI=1S/C19H18O4/c1-13(10-19(20)21-2)9-14-3-5-15(6-4-14)16-7-8-17-18(11-16)23-12-22-17/h3-8,10-11H,9,12H2,1-2H3/b13-10+. The van der Waals surface area contributed by atoms with E-state index >= 15 is 0 Å². The van der Waals surface area contributed by atoms with Crippen LogP contribution < -0.4 is 9.47 Å². The minimum absolute atomic E-state index is 0.281. The van der Waals surface area contributed by atoms with Crippen LogP contribution in [0, 0.1) is 0 Å². The molecule has 0 N–H and O–H groups in total. The molecule has 0 spiro atoms. The average molecular weight is 310 g/mol. The summed E-state index contributed by atoms with van der Waals surface area (Å²) in [5.41, 5.74) is 4.31. The maximum atomic E-state index is 11.2. The van der Waals surface area contributed by atoms with Gasteiger partial charge in [-0.2, -0.15) is 0 Å². The molecule has 1 heterocycles. The molecular formula is C19H18O4. The molecule has 0 fully saturated rings. The van der Waals surface area contributed by atoms with Gasteiger partial charge < -0.3 is 14.2 Å². The van der Waals surface area contributed by atoms with Crippen molar-refractivity contribution in [2.24, 2.45) is 0 Å². The number of esters is 1. The van der Waals surface area contributed by atoms with Gasteiger partial charge in [-0.15, -0.1) is 0 Å². The molecule has 0 amide bonds. The van der Waals surface area contributed by atoms with Crippen LogP contribution in [0.1, 0.15) is 12.5 Å². The first-order chi connectivity index (χ1) is 11.2. The quantitative estimate of drug-likeness (QED) is 0.637. The van der Waals surface area contributed by atoms with Gasteiger partial charge in [0.1, 0.15) is 0 Å². The van der Waals surface area contributed by atoms with Gasteiger partial charge in [0.25, 0.3) is 0 Å². The summed E-state index contributed by atoms with van der Waals surface area (Å²) in [5.74, 6) is 1.25. The molecule has 23 heavy (non-hydrogen) atoms. The van der Waals surface area contributed by atoms with E-state index in [2.05, 4.69) is 29.0 Å². The molecule has 0 unspecified atom stereocenters. The summed E-state index contributed by atoms with van der Waals surface area (Å²) in [7, 11) is 1.38. The van der Waals surface area contributed by atoms with E-state index in [-0.39, 0.29) is 12.8 Å². The molecule has 0 aliphatic carbocycles. The third-order valence-electron chi connectivity index (χ3n) is 3.71. The van der Waals surface area contributed by atoms with E-state index in [4.69, 9.17) is 9.47 Å². The van der Waals surface area contributed by atoms with Crippen molar-refractivity contribution in [3.63, 3.8) is 0 Å². The van der Waals surface area contributed by atoms with E-state index < -0.39 is 0 Å². The first-order valence-electron chi connectivity index (χ1n) is 7.40. The van der Waals surface area contributed by atoms with Crippen molar-refractivity contribution in [3.8, 4) is 22.6 Å². The van der Waals surface area contributed by atoms with Crippen LogP contribution in [0.4, 0.5) is 0 Å². The zero-order valence-electron chi connectivity index (χ0n) is 13.2. The molecule has 2 aromatic rings. The Hall–Kier alpha value is -2.75. The van der Waals surface area contributed by atoms with Gasteiger partial charge in [-0.1, -0.05) is 35.9 Å². The van der Waals surface area contributed by atoms with Crippen LogP contribution in [0.2, 0.25) is 0 Å². The molecule has 118 valence electrons. The highest BCUT2D eigenvalue weighted by atomic mass is 16.7. The Labute approximate surface area is 135 Å². The van der Waals surface area contributed by atoms with Crippen molar-refractivity contribution in [1.29, 1.82) is 0 Å². The number of hydrogen-bond acceptors (Lipinski definition) is 4. The lowest BCUT2D eigenvalue weighted by atomic mass is 10.0. The van der Waals surface area contributed by atoms with Crippen LogP contribution in [-0.4, -0.2) is 19.9 Å². The van der Waals surface area contributed by atoms with Crippen LogP contribution in [0.25, 0.3) is 11.1 Å². The Kier molecular flexibility index (Phi) is 4.33. The largest absolute Gasteiger partial charge is 0.466 e. The minimum atomic E-state index is -0.320. The van der Waals surface area contributed by atoms with Gasteiger partial charge in [0.15, 0.2) is 11.5 Å². The lowest BCUT2D eigenvalue weighted by molar-refractivity contribution is -0.134. The number of carbonyl (C=O) groups excluding carboxylic acids is 1. The van der Waals surface area contributed by atoms with Crippen molar-refractivity contribution in [2.45, 2.75) is 13.3 Å². The Morgan fingerprint density at radius 1 is 1.09 bits per heavy atom. The number of benzene rings is 2. The first-order valence-corrected chi connectivity index (χ1v) is 7.40. The summed E-state index contributed by atoms with van der Waals surface area (Å²) >= 11 is 0. The van der Waals surface area contributed by atoms with E-state index in [1.54, 1.807) is 0 Å². The van der Waals surface area contributed by atoms with Gasteiger partial charge in [-0.25, -0.2) is 4.79 Å². The Morgan fingerprint density at radius 3 is 2.52 bits per heavy atom. The van der Waals surface area contributed by atoms with E-state index in [0.717, 1.165) is 40.2 Å². The molecule has 0 aromatic heterocycles. The summed E-state index contributed by atoms with van der Waals surface area (Å²) in [6.07, 6.45) is 2.24. The number of allylic oxidation sites excluding steroid dienone is 1. The summed E-state index contributed by atoms with van der Waals surface area (Å²) in [6.45, 7) is 2.20. The summed E-state index contributed by atoms with van der Waals surface area (Å²) in [6, 6.07) is 14.2. The maximum absolute atomic E-state index is 11.2. The number of rotatable bonds is 4. The van der Waals surface area contributed by atoms with Gasteiger partial charge in [-0.3, -0.25) is 0 Å². The fourth-order valence-corrected chi connectivity index (χ4v) is 2.52. The van der Waals surface area contributed by atoms with E-state index in [9.17, 15) is 4.79 Å².